The van der Waals surface area contributed by atoms with Gasteiger partial charge in [-0.25, -0.2) is 13.4 Å². The maximum atomic E-state index is 13.1. The molecule has 0 radical (unpaired) electrons. The minimum atomic E-state index is -3.63. The zero-order valence-electron chi connectivity index (χ0n) is 24.2. The molecule has 220 valence electrons. The zero-order chi connectivity index (χ0) is 29.1. The van der Waals surface area contributed by atoms with Gasteiger partial charge in [0, 0.05) is 12.0 Å². The first-order valence-corrected chi connectivity index (χ1v) is 16.3. The van der Waals surface area contributed by atoms with Crippen molar-refractivity contribution in [3.63, 3.8) is 0 Å². The second kappa shape index (κ2) is 10.7. The smallest absolute Gasteiger partial charge is 0.229 e. The largest absolute Gasteiger partial charge is 0.488 e. The zero-order valence-corrected chi connectivity index (χ0v) is 25.8. The molecule has 1 aliphatic carbocycles. The third kappa shape index (κ3) is 5.51. The quantitative estimate of drug-likeness (QED) is 0.333. The van der Waals surface area contributed by atoms with E-state index in [1.165, 1.54) is 22.9 Å². The van der Waals surface area contributed by atoms with E-state index in [1.807, 2.05) is 0 Å². The summed E-state index contributed by atoms with van der Waals surface area (Å²) in [6.07, 6.45) is 8.44. The lowest BCUT2D eigenvalue weighted by Crippen LogP contribution is -2.29. The molecule has 2 N–H and O–H groups in total. The molecule has 3 aliphatic rings. The lowest BCUT2D eigenvalue weighted by Gasteiger charge is -2.31. The molecule has 6 rings (SSSR count). The molecule has 41 heavy (non-hydrogen) atoms. The van der Waals surface area contributed by atoms with E-state index in [1.54, 1.807) is 24.7 Å². The predicted molar refractivity (Wildman–Crippen MR) is 161 cm³/mol. The molecule has 1 saturated heterocycles. The summed E-state index contributed by atoms with van der Waals surface area (Å²) in [5.74, 6) is 2.02. The number of ether oxygens (including phenoxy) is 1. The summed E-state index contributed by atoms with van der Waals surface area (Å²) in [7, 11) is -1.45. The van der Waals surface area contributed by atoms with Crippen molar-refractivity contribution in [2.24, 2.45) is 0 Å². The summed E-state index contributed by atoms with van der Waals surface area (Å²) in [5, 5.41) is 10.6. The van der Waals surface area contributed by atoms with Crippen LogP contribution in [0.1, 0.15) is 75.1 Å². The van der Waals surface area contributed by atoms with Gasteiger partial charge in [-0.2, -0.15) is 10.1 Å². The highest BCUT2D eigenvalue weighted by Gasteiger charge is 2.33. The Kier molecular flexibility index (Phi) is 7.40. The van der Waals surface area contributed by atoms with Gasteiger partial charge in [0.15, 0.2) is 5.82 Å². The van der Waals surface area contributed by atoms with Crippen LogP contribution < -0.4 is 15.4 Å². The van der Waals surface area contributed by atoms with Gasteiger partial charge in [-0.15, -0.1) is 0 Å². The Morgan fingerprint density at radius 3 is 2.54 bits per heavy atom. The summed E-state index contributed by atoms with van der Waals surface area (Å²) in [6.45, 7) is 9.77. The number of halogens is 1. The van der Waals surface area contributed by atoms with Crippen molar-refractivity contribution in [2.45, 2.75) is 88.1 Å². The van der Waals surface area contributed by atoms with Crippen LogP contribution in [-0.4, -0.2) is 64.6 Å². The lowest BCUT2D eigenvalue weighted by atomic mass is 9.82. The molecule has 12 heteroatoms. The molecule has 2 aliphatic heterocycles. The third-order valence-corrected chi connectivity index (χ3v) is 10.7. The maximum Gasteiger partial charge on any atom is 0.229 e. The van der Waals surface area contributed by atoms with E-state index in [4.69, 9.17) is 16.3 Å². The number of aromatic nitrogens is 4. The van der Waals surface area contributed by atoms with Crippen molar-refractivity contribution in [3.05, 3.63) is 40.2 Å². The SMILES string of the molecule is Cc1cc(Nc2ncc(Cl)c(Nc3cn(C4CC4)nc3S(=O)(=O)C(C)C)n2)c2c(c1C1CCN(C)CC1)C[C@@H](C)O2. The molecule has 1 atom stereocenters. The third-order valence-electron chi connectivity index (χ3n) is 8.32. The highest BCUT2D eigenvalue weighted by Crippen LogP contribution is 2.46. The van der Waals surface area contributed by atoms with E-state index in [-0.39, 0.29) is 22.2 Å². The molecule has 4 heterocycles. The van der Waals surface area contributed by atoms with Gasteiger partial charge in [0.05, 0.1) is 35.1 Å². The Bertz CT molecular complexity index is 1580. The van der Waals surface area contributed by atoms with E-state index in [0.717, 1.165) is 56.6 Å². The fraction of sp³-hybridized carbons (Fsp3) is 0.552. The number of benzene rings is 1. The fourth-order valence-electron chi connectivity index (χ4n) is 5.89. The number of nitrogens with one attached hydrogen (secondary N) is 2. The van der Waals surface area contributed by atoms with E-state index >= 15 is 0 Å². The Hall–Kier alpha value is -2.89. The number of fused-ring (bicyclic) bond motifs is 1. The van der Waals surface area contributed by atoms with E-state index < -0.39 is 15.1 Å². The Labute approximate surface area is 246 Å². The average Bonchev–Trinajstić information content (AvgIpc) is 3.56. The highest BCUT2D eigenvalue weighted by molar-refractivity contribution is 7.92. The molecular weight excluding hydrogens is 562 g/mol. The van der Waals surface area contributed by atoms with Gasteiger partial charge in [0.1, 0.15) is 16.9 Å². The van der Waals surface area contributed by atoms with E-state index in [2.05, 4.69) is 57.6 Å². The van der Waals surface area contributed by atoms with Gasteiger partial charge in [-0.1, -0.05) is 11.6 Å². The van der Waals surface area contributed by atoms with Gasteiger partial charge in [-0.05, 0) is 96.6 Å². The molecule has 1 aromatic carbocycles. The molecule has 0 spiro atoms. The summed E-state index contributed by atoms with van der Waals surface area (Å²) < 4.78 is 34.3. The average molecular weight is 600 g/mol. The number of hydrogen-bond donors (Lipinski definition) is 2. The van der Waals surface area contributed by atoms with E-state index in [0.29, 0.717) is 23.4 Å². The highest BCUT2D eigenvalue weighted by atomic mass is 35.5. The molecule has 3 aromatic rings. The first-order valence-electron chi connectivity index (χ1n) is 14.4. The Morgan fingerprint density at radius 1 is 1.12 bits per heavy atom. The van der Waals surface area contributed by atoms with Gasteiger partial charge in [0.25, 0.3) is 0 Å². The van der Waals surface area contributed by atoms with Crippen LogP contribution in [0.25, 0.3) is 0 Å². The van der Waals surface area contributed by atoms with Crippen molar-refractivity contribution >= 4 is 44.6 Å². The maximum absolute atomic E-state index is 13.1. The number of nitrogens with zero attached hydrogens (tertiary/aromatic N) is 5. The predicted octanol–water partition coefficient (Wildman–Crippen LogP) is 5.77. The second-order valence-corrected chi connectivity index (χ2v) is 14.8. The van der Waals surface area contributed by atoms with Crippen LogP contribution in [0.2, 0.25) is 5.02 Å². The normalized spacial score (nSPS) is 19.8. The van der Waals surface area contributed by atoms with Crippen LogP contribution in [0.5, 0.6) is 5.75 Å². The first-order chi connectivity index (χ1) is 19.5. The monoisotopic (exact) mass is 599 g/mol. The molecule has 0 unspecified atom stereocenters. The Balaban J connectivity index is 1.31. The van der Waals surface area contributed by atoms with Crippen LogP contribution in [0, 0.1) is 6.92 Å². The lowest BCUT2D eigenvalue weighted by molar-refractivity contribution is 0.254. The minimum Gasteiger partial charge on any atom is -0.488 e. The van der Waals surface area contributed by atoms with Crippen molar-refractivity contribution < 1.29 is 13.2 Å². The summed E-state index contributed by atoms with van der Waals surface area (Å²) >= 11 is 6.50. The number of aryl methyl sites for hydroxylation is 1. The van der Waals surface area contributed by atoms with Crippen LogP contribution in [0.4, 0.5) is 23.1 Å². The standard InChI is InChI=1S/C29H38ClN7O3S/c1-16(2)41(38,39)28-24(15-37(35-28)20-6-7-20)32-27-22(30)14-31-29(34-27)33-23-12-17(3)25(19-8-10-36(5)11-9-19)21-13-18(4)40-26(21)23/h12,14-16,18-20H,6-11,13H2,1-5H3,(H2,31,32,33,34)/t18-/m1/s1. The molecule has 2 fully saturated rings. The number of hydrogen-bond acceptors (Lipinski definition) is 9. The van der Waals surface area contributed by atoms with Gasteiger partial charge < -0.3 is 20.3 Å². The van der Waals surface area contributed by atoms with E-state index in [9.17, 15) is 8.42 Å². The second-order valence-electron chi connectivity index (χ2n) is 12.0. The summed E-state index contributed by atoms with van der Waals surface area (Å²) in [4.78, 5) is 11.4. The fourth-order valence-corrected chi connectivity index (χ4v) is 7.10. The topological polar surface area (TPSA) is 114 Å². The number of sulfone groups is 1. The van der Waals surface area contributed by atoms with Crippen molar-refractivity contribution in [3.8, 4) is 5.75 Å². The van der Waals surface area contributed by atoms with Crippen LogP contribution in [0.3, 0.4) is 0 Å². The molecule has 1 saturated carbocycles. The van der Waals surface area contributed by atoms with Gasteiger partial charge in [-0.3, -0.25) is 4.68 Å². The molecule has 0 bridgehead atoms. The Morgan fingerprint density at radius 2 is 1.85 bits per heavy atom. The molecular formula is C29H38ClN7O3S. The minimum absolute atomic E-state index is 0.00363. The van der Waals surface area contributed by atoms with Crippen LogP contribution in [-0.2, 0) is 16.3 Å². The van der Waals surface area contributed by atoms with Gasteiger partial charge >= 0.3 is 0 Å². The van der Waals surface area contributed by atoms with Gasteiger partial charge in [0.2, 0.25) is 20.8 Å². The summed E-state index contributed by atoms with van der Waals surface area (Å²) in [6, 6.07) is 2.35. The summed E-state index contributed by atoms with van der Waals surface area (Å²) in [5.41, 5.74) is 5.11. The molecule has 2 aromatic heterocycles. The number of piperidine rings is 1. The van der Waals surface area contributed by atoms with Crippen LogP contribution >= 0.6 is 11.6 Å². The number of rotatable bonds is 8. The number of likely N-dealkylation sites (tertiary alicyclic amines) is 1. The number of anilines is 4. The van der Waals surface area contributed by atoms with Crippen molar-refractivity contribution in [2.75, 3.05) is 30.8 Å². The van der Waals surface area contributed by atoms with Crippen molar-refractivity contribution in [1.29, 1.82) is 0 Å². The first kappa shape index (κ1) is 28.2. The molecule has 0 amide bonds. The van der Waals surface area contributed by atoms with Crippen molar-refractivity contribution in [1.82, 2.24) is 24.6 Å². The molecule has 10 nitrogen and oxygen atoms in total. The van der Waals surface area contributed by atoms with Crippen LogP contribution in [0.15, 0.2) is 23.5 Å².